The first-order valence-electron chi connectivity index (χ1n) is 6.20. The monoisotopic (exact) mass is 315 g/mol. The molecule has 1 heterocycles. The Morgan fingerprint density at radius 3 is 2.85 bits per heavy atom. The Kier molecular flexibility index (Phi) is 4.79. The van der Waals surface area contributed by atoms with Crippen LogP contribution in [0.3, 0.4) is 0 Å². The largest absolute Gasteiger partial charge is 0.494 e. The summed E-state index contributed by atoms with van der Waals surface area (Å²) in [5.41, 5.74) is 0.900. The van der Waals surface area contributed by atoms with Crippen molar-refractivity contribution in [3.8, 4) is 5.75 Å². The van der Waals surface area contributed by atoms with Crippen molar-refractivity contribution >= 4 is 36.7 Å². The fraction of sp³-hybridized carbons (Fsp3) is 0.417. The van der Waals surface area contributed by atoms with E-state index in [4.69, 9.17) is 4.74 Å². The van der Waals surface area contributed by atoms with Gasteiger partial charge in [0.25, 0.3) is 0 Å². The van der Waals surface area contributed by atoms with E-state index in [1.54, 1.807) is 0 Å². The zero-order valence-electron chi connectivity index (χ0n) is 11.3. The van der Waals surface area contributed by atoms with Crippen LogP contribution in [0.15, 0.2) is 18.2 Å². The fourth-order valence-electron chi connectivity index (χ4n) is 1.64. The Balaban J connectivity index is 1.97. The lowest BCUT2D eigenvalue weighted by Gasteiger charge is -2.02. The maximum absolute atomic E-state index is 10.9. The topological polar surface area (TPSA) is 80.3 Å². The number of anilines is 1. The summed E-state index contributed by atoms with van der Waals surface area (Å²) in [7, 11) is -3.14. The second-order valence-corrected chi connectivity index (χ2v) is 7.04. The molecule has 0 aliphatic heterocycles. The van der Waals surface area contributed by atoms with Gasteiger partial charge in [0.1, 0.15) is 5.75 Å². The van der Waals surface area contributed by atoms with E-state index in [0.717, 1.165) is 27.4 Å². The normalized spacial score (nSPS) is 11.7. The van der Waals surface area contributed by atoms with Crippen LogP contribution in [0, 0.1) is 0 Å². The SMILES string of the molecule is CCOc1ccc2nc(NCCNS(C)(=O)=O)sc2c1. The maximum atomic E-state index is 10.9. The molecule has 0 amide bonds. The predicted octanol–water partition coefficient (Wildman–Crippen LogP) is 1.66. The fourth-order valence-corrected chi connectivity index (χ4v) is 3.04. The van der Waals surface area contributed by atoms with Crippen molar-refractivity contribution in [1.82, 2.24) is 9.71 Å². The third kappa shape index (κ3) is 4.32. The Morgan fingerprint density at radius 2 is 2.15 bits per heavy atom. The number of nitrogens with one attached hydrogen (secondary N) is 2. The second-order valence-electron chi connectivity index (χ2n) is 4.17. The third-order valence-electron chi connectivity index (χ3n) is 2.44. The lowest BCUT2D eigenvalue weighted by molar-refractivity contribution is 0.341. The molecule has 0 radical (unpaired) electrons. The summed E-state index contributed by atoms with van der Waals surface area (Å²) in [6.07, 6.45) is 1.14. The highest BCUT2D eigenvalue weighted by Gasteiger charge is 2.05. The molecule has 6 nitrogen and oxygen atoms in total. The van der Waals surface area contributed by atoms with Crippen molar-refractivity contribution in [2.45, 2.75) is 6.92 Å². The first kappa shape index (κ1) is 15.0. The van der Waals surface area contributed by atoms with Crippen LogP contribution in [0.25, 0.3) is 10.2 Å². The first-order valence-corrected chi connectivity index (χ1v) is 8.90. The third-order valence-corrected chi connectivity index (χ3v) is 4.14. The van der Waals surface area contributed by atoms with Gasteiger partial charge >= 0.3 is 0 Å². The summed E-state index contributed by atoms with van der Waals surface area (Å²) >= 11 is 1.52. The average Bonchev–Trinajstić information content (AvgIpc) is 2.76. The molecule has 0 aliphatic carbocycles. The number of ether oxygens (including phenoxy) is 1. The van der Waals surface area contributed by atoms with E-state index in [0.29, 0.717) is 19.7 Å². The molecule has 2 N–H and O–H groups in total. The van der Waals surface area contributed by atoms with E-state index in [1.807, 2.05) is 25.1 Å². The minimum atomic E-state index is -3.14. The average molecular weight is 315 g/mol. The highest BCUT2D eigenvalue weighted by Crippen LogP contribution is 2.29. The number of aromatic nitrogens is 1. The van der Waals surface area contributed by atoms with Crippen LogP contribution >= 0.6 is 11.3 Å². The van der Waals surface area contributed by atoms with Gasteiger partial charge in [0, 0.05) is 13.1 Å². The highest BCUT2D eigenvalue weighted by molar-refractivity contribution is 7.88. The molecule has 8 heteroatoms. The molecule has 0 saturated carbocycles. The molecular weight excluding hydrogens is 298 g/mol. The molecule has 0 atom stereocenters. The lowest BCUT2D eigenvalue weighted by Crippen LogP contribution is -2.27. The number of nitrogens with zero attached hydrogens (tertiary/aromatic N) is 1. The van der Waals surface area contributed by atoms with E-state index in [1.165, 1.54) is 11.3 Å². The van der Waals surface area contributed by atoms with E-state index in [-0.39, 0.29) is 0 Å². The van der Waals surface area contributed by atoms with E-state index in [9.17, 15) is 8.42 Å². The summed E-state index contributed by atoms with van der Waals surface area (Å²) < 4.78 is 30.7. The van der Waals surface area contributed by atoms with Crippen molar-refractivity contribution in [2.75, 3.05) is 31.3 Å². The number of fused-ring (bicyclic) bond motifs is 1. The number of hydrogen-bond acceptors (Lipinski definition) is 6. The Morgan fingerprint density at radius 1 is 1.35 bits per heavy atom. The van der Waals surface area contributed by atoms with Gasteiger partial charge in [0.15, 0.2) is 5.13 Å². The molecule has 2 aromatic rings. The van der Waals surface area contributed by atoms with Crippen molar-refractivity contribution in [3.63, 3.8) is 0 Å². The molecule has 1 aromatic heterocycles. The van der Waals surface area contributed by atoms with Gasteiger partial charge in [-0.1, -0.05) is 11.3 Å². The van der Waals surface area contributed by atoms with Gasteiger partial charge in [-0.3, -0.25) is 0 Å². The smallest absolute Gasteiger partial charge is 0.208 e. The highest BCUT2D eigenvalue weighted by atomic mass is 32.2. The summed E-state index contributed by atoms with van der Waals surface area (Å²) in [5.74, 6) is 0.828. The number of sulfonamides is 1. The van der Waals surface area contributed by atoms with Crippen LogP contribution in [-0.2, 0) is 10.0 Å². The zero-order chi connectivity index (χ0) is 14.6. The van der Waals surface area contributed by atoms with Crippen molar-refractivity contribution in [1.29, 1.82) is 0 Å². The van der Waals surface area contributed by atoms with Crippen molar-refractivity contribution < 1.29 is 13.2 Å². The number of benzene rings is 1. The number of thiazole rings is 1. The van der Waals surface area contributed by atoms with E-state index < -0.39 is 10.0 Å². The van der Waals surface area contributed by atoms with E-state index in [2.05, 4.69) is 15.0 Å². The van der Waals surface area contributed by atoms with Gasteiger partial charge in [0.2, 0.25) is 10.0 Å². The number of rotatable bonds is 7. The molecule has 0 bridgehead atoms. The van der Waals surface area contributed by atoms with Crippen molar-refractivity contribution in [3.05, 3.63) is 18.2 Å². The van der Waals surface area contributed by atoms with Crippen LogP contribution in [0.5, 0.6) is 5.75 Å². The standard InChI is InChI=1S/C12H17N3O3S2/c1-3-18-9-4-5-10-11(8-9)19-12(15-10)13-6-7-14-20(2,16)17/h4-5,8,14H,3,6-7H2,1-2H3,(H,13,15). The molecule has 0 spiro atoms. The summed E-state index contributed by atoms with van der Waals surface area (Å²) in [6.45, 7) is 3.40. The van der Waals surface area contributed by atoms with Gasteiger partial charge in [-0.25, -0.2) is 18.1 Å². The van der Waals surface area contributed by atoms with Gasteiger partial charge in [-0.15, -0.1) is 0 Å². The molecular formula is C12H17N3O3S2. The van der Waals surface area contributed by atoms with Gasteiger partial charge in [0.05, 0.1) is 23.1 Å². The predicted molar refractivity (Wildman–Crippen MR) is 82.1 cm³/mol. The van der Waals surface area contributed by atoms with Gasteiger partial charge in [-0.05, 0) is 25.1 Å². The molecule has 0 unspecified atom stereocenters. The second kappa shape index (κ2) is 6.38. The van der Waals surface area contributed by atoms with Crippen LogP contribution in [0.2, 0.25) is 0 Å². The summed E-state index contributed by atoms with van der Waals surface area (Å²) in [6, 6.07) is 5.76. The zero-order valence-corrected chi connectivity index (χ0v) is 13.0. The quantitative estimate of drug-likeness (QED) is 0.760. The lowest BCUT2D eigenvalue weighted by atomic mass is 10.3. The summed E-state index contributed by atoms with van der Waals surface area (Å²) in [4.78, 5) is 4.42. The minimum absolute atomic E-state index is 0.332. The summed E-state index contributed by atoms with van der Waals surface area (Å²) in [5, 5.41) is 3.87. The molecule has 0 fully saturated rings. The van der Waals surface area contributed by atoms with Crippen LogP contribution in [0.4, 0.5) is 5.13 Å². The molecule has 2 rings (SSSR count). The first-order chi connectivity index (χ1) is 9.48. The van der Waals surface area contributed by atoms with E-state index >= 15 is 0 Å². The Bertz CT molecular complexity index is 682. The minimum Gasteiger partial charge on any atom is -0.494 e. The van der Waals surface area contributed by atoms with Gasteiger partial charge < -0.3 is 10.1 Å². The number of hydrogen-bond donors (Lipinski definition) is 2. The van der Waals surface area contributed by atoms with Crippen molar-refractivity contribution in [2.24, 2.45) is 0 Å². The molecule has 1 aromatic carbocycles. The molecule has 110 valence electrons. The molecule has 0 aliphatic rings. The Hall–Kier alpha value is -1.38. The van der Waals surface area contributed by atoms with Crippen LogP contribution in [0.1, 0.15) is 6.92 Å². The van der Waals surface area contributed by atoms with Crippen LogP contribution < -0.4 is 14.8 Å². The molecule has 0 saturated heterocycles. The molecule has 20 heavy (non-hydrogen) atoms. The van der Waals surface area contributed by atoms with Gasteiger partial charge in [-0.2, -0.15) is 0 Å². The Labute approximate surface area is 122 Å². The van der Waals surface area contributed by atoms with Crippen LogP contribution in [-0.4, -0.2) is 39.4 Å². The maximum Gasteiger partial charge on any atom is 0.208 e.